The Kier molecular flexibility index (Phi) is 6.94. The van der Waals surface area contributed by atoms with Crippen LogP contribution in [0.3, 0.4) is 0 Å². The minimum atomic E-state index is -4.78. The molecule has 0 radical (unpaired) electrons. The van der Waals surface area contributed by atoms with Crippen molar-refractivity contribution in [3.63, 3.8) is 0 Å². The maximum absolute atomic E-state index is 12.2. The predicted molar refractivity (Wildman–Crippen MR) is 96.2 cm³/mol. The highest BCUT2D eigenvalue weighted by Gasteiger charge is 2.32. The van der Waals surface area contributed by atoms with Crippen molar-refractivity contribution in [3.8, 4) is 11.5 Å². The van der Waals surface area contributed by atoms with Crippen molar-refractivity contribution in [2.75, 3.05) is 0 Å². The van der Waals surface area contributed by atoms with Crippen molar-refractivity contribution in [3.05, 3.63) is 64.7 Å². The number of alkyl halides is 3. The molecular weight excluding hydrogens is 367 g/mol. The van der Waals surface area contributed by atoms with Gasteiger partial charge in [-0.1, -0.05) is 42.0 Å². The molecule has 2 aromatic carbocycles. The van der Waals surface area contributed by atoms with Crippen LogP contribution in [0.4, 0.5) is 13.2 Å². The van der Waals surface area contributed by atoms with Crippen molar-refractivity contribution >= 4 is 17.7 Å². The van der Waals surface area contributed by atoms with E-state index in [1.54, 1.807) is 0 Å². The van der Waals surface area contributed by atoms with Crippen molar-refractivity contribution in [2.45, 2.75) is 32.4 Å². The summed E-state index contributed by atoms with van der Waals surface area (Å²) in [5.41, 5.74) is 7.33. The molecule has 0 spiro atoms. The first-order chi connectivity index (χ1) is 12.2. The first-order valence-corrected chi connectivity index (χ1v) is 8.30. The predicted octanol–water partition coefficient (Wildman–Crippen LogP) is 5.57. The Morgan fingerprint density at radius 3 is 2.42 bits per heavy atom. The highest BCUT2D eigenvalue weighted by molar-refractivity contribution is 6.32. The van der Waals surface area contributed by atoms with Crippen LogP contribution in [0.5, 0.6) is 11.5 Å². The molecule has 0 saturated heterocycles. The average molecular weight is 386 g/mol. The quantitative estimate of drug-likeness (QED) is 0.677. The van der Waals surface area contributed by atoms with Gasteiger partial charge in [0, 0.05) is 6.04 Å². The number of ether oxygens (including phenoxy) is 2. The summed E-state index contributed by atoms with van der Waals surface area (Å²) >= 11 is 5.81. The van der Waals surface area contributed by atoms with Crippen LogP contribution < -0.4 is 15.2 Å². The van der Waals surface area contributed by atoms with Gasteiger partial charge in [-0.2, -0.15) is 0 Å². The van der Waals surface area contributed by atoms with Gasteiger partial charge >= 0.3 is 6.36 Å². The Labute approximate surface area is 155 Å². The Hall–Kier alpha value is -2.18. The fraction of sp³-hybridized carbons (Fsp3) is 0.263. The zero-order valence-electron chi connectivity index (χ0n) is 14.1. The van der Waals surface area contributed by atoms with E-state index in [1.165, 1.54) is 18.2 Å². The van der Waals surface area contributed by atoms with Gasteiger partial charge in [0.1, 0.15) is 18.1 Å². The molecule has 0 aromatic heterocycles. The lowest BCUT2D eigenvalue weighted by Crippen LogP contribution is -2.17. The molecule has 0 saturated carbocycles. The maximum Gasteiger partial charge on any atom is 0.573 e. The molecule has 0 aliphatic carbocycles. The number of benzene rings is 2. The molecule has 1 atom stereocenters. The molecule has 2 N–H and O–H groups in total. The topological polar surface area (TPSA) is 44.5 Å². The summed E-state index contributed by atoms with van der Waals surface area (Å²) in [6, 6.07) is 11.6. The summed E-state index contributed by atoms with van der Waals surface area (Å²) in [6.07, 6.45) is 0.00644. The van der Waals surface area contributed by atoms with Crippen LogP contribution >= 0.6 is 11.6 Å². The molecule has 3 nitrogen and oxygen atoms in total. The number of nitrogens with two attached hydrogens (primary N) is 1. The van der Waals surface area contributed by atoms with Crippen LogP contribution in [0, 0.1) is 0 Å². The lowest BCUT2D eigenvalue weighted by molar-refractivity contribution is -0.274. The van der Waals surface area contributed by atoms with Gasteiger partial charge in [-0.25, -0.2) is 0 Å². The molecule has 2 aromatic rings. The molecule has 0 bridgehead atoms. The fourth-order valence-electron chi connectivity index (χ4n) is 2.10. The van der Waals surface area contributed by atoms with E-state index < -0.39 is 12.1 Å². The summed E-state index contributed by atoms with van der Waals surface area (Å²) in [5, 5.41) is -0.127. The zero-order valence-corrected chi connectivity index (χ0v) is 14.8. The van der Waals surface area contributed by atoms with Gasteiger partial charge in [0.2, 0.25) is 0 Å². The number of hydrogen-bond acceptors (Lipinski definition) is 3. The third-order valence-corrected chi connectivity index (χ3v) is 3.62. The molecular formula is C19H19ClF3NO2. The van der Waals surface area contributed by atoms with E-state index in [9.17, 15) is 13.2 Å². The number of rotatable bonds is 7. The third kappa shape index (κ3) is 6.98. The lowest BCUT2D eigenvalue weighted by atomic mass is 10.1. The summed E-state index contributed by atoms with van der Waals surface area (Å²) in [5.74, 6) is 0.201. The lowest BCUT2D eigenvalue weighted by Gasteiger charge is -2.12. The molecule has 2 rings (SSSR count). The molecule has 26 heavy (non-hydrogen) atoms. The zero-order chi connectivity index (χ0) is 19.2. The summed E-state index contributed by atoms with van der Waals surface area (Å²) in [7, 11) is 0. The molecule has 0 aliphatic rings. The van der Waals surface area contributed by atoms with Crippen LogP contribution in [0.1, 0.15) is 24.5 Å². The summed E-state index contributed by atoms with van der Waals surface area (Å²) in [4.78, 5) is 0. The van der Waals surface area contributed by atoms with Gasteiger partial charge in [-0.15, -0.1) is 13.2 Å². The van der Waals surface area contributed by atoms with Crippen LogP contribution in [-0.2, 0) is 6.61 Å². The van der Waals surface area contributed by atoms with Crippen molar-refractivity contribution < 1.29 is 22.6 Å². The van der Waals surface area contributed by atoms with Gasteiger partial charge in [-0.3, -0.25) is 0 Å². The first-order valence-electron chi connectivity index (χ1n) is 7.92. The second kappa shape index (κ2) is 8.96. The van der Waals surface area contributed by atoms with Crippen molar-refractivity contribution in [1.82, 2.24) is 0 Å². The molecule has 0 fully saturated rings. The van der Waals surface area contributed by atoms with Gasteiger partial charge < -0.3 is 15.2 Å². The van der Waals surface area contributed by atoms with Crippen molar-refractivity contribution in [2.24, 2.45) is 5.73 Å². The van der Waals surface area contributed by atoms with E-state index in [1.807, 2.05) is 43.3 Å². The standard InChI is InChI=1S/C19H19ClF3NO2/c1-13(24)3-2-4-14-5-8-16(9-6-14)25-12-15-7-10-18(17(20)11-15)26-19(21,22)23/h2,4-11,13H,3,12,24H2,1H3. The average Bonchev–Trinajstić information content (AvgIpc) is 2.55. The fourth-order valence-corrected chi connectivity index (χ4v) is 2.34. The summed E-state index contributed by atoms with van der Waals surface area (Å²) in [6.45, 7) is 2.11. The van der Waals surface area contributed by atoms with E-state index in [2.05, 4.69) is 4.74 Å². The van der Waals surface area contributed by atoms with E-state index in [4.69, 9.17) is 22.1 Å². The Morgan fingerprint density at radius 2 is 1.85 bits per heavy atom. The van der Waals surface area contributed by atoms with E-state index in [0.717, 1.165) is 12.0 Å². The molecule has 140 valence electrons. The Morgan fingerprint density at radius 1 is 1.15 bits per heavy atom. The van der Waals surface area contributed by atoms with Crippen LogP contribution in [-0.4, -0.2) is 12.4 Å². The molecule has 0 amide bonds. The second-order valence-corrected chi connectivity index (χ2v) is 6.19. The highest BCUT2D eigenvalue weighted by atomic mass is 35.5. The number of halogens is 4. The van der Waals surface area contributed by atoms with Crippen LogP contribution in [0.15, 0.2) is 48.5 Å². The van der Waals surface area contributed by atoms with Gasteiger partial charge in [-0.05, 0) is 48.7 Å². The monoisotopic (exact) mass is 385 g/mol. The molecule has 1 unspecified atom stereocenters. The van der Waals surface area contributed by atoms with Crippen LogP contribution in [0.25, 0.3) is 6.08 Å². The number of hydrogen-bond donors (Lipinski definition) is 1. The van der Waals surface area contributed by atoms with E-state index in [0.29, 0.717) is 11.3 Å². The molecule has 0 heterocycles. The highest BCUT2D eigenvalue weighted by Crippen LogP contribution is 2.31. The normalized spacial score (nSPS) is 13.0. The van der Waals surface area contributed by atoms with E-state index in [-0.39, 0.29) is 17.7 Å². The first kappa shape index (κ1) is 20.1. The second-order valence-electron chi connectivity index (χ2n) is 5.79. The smallest absolute Gasteiger partial charge is 0.489 e. The SMILES string of the molecule is CC(N)CC=Cc1ccc(OCc2ccc(OC(F)(F)F)c(Cl)c2)cc1. The summed E-state index contributed by atoms with van der Waals surface area (Å²) < 4.78 is 46.1. The minimum Gasteiger partial charge on any atom is -0.489 e. The Balaban J connectivity index is 1.92. The Bertz CT molecular complexity index is 743. The van der Waals surface area contributed by atoms with Gasteiger partial charge in [0.15, 0.2) is 0 Å². The molecule has 0 aliphatic heterocycles. The van der Waals surface area contributed by atoms with E-state index >= 15 is 0 Å². The van der Waals surface area contributed by atoms with Gasteiger partial charge in [0.25, 0.3) is 0 Å². The third-order valence-electron chi connectivity index (χ3n) is 3.33. The van der Waals surface area contributed by atoms with Crippen LogP contribution in [0.2, 0.25) is 5.02 Å². The minimum absolute atomic E-state index is 0.119. The molecule has 7 heteroatoms. The maximum atomic E-state index is 12.2. The van der Waals surface area contributed by atoms with Crippen molar-refractivity contribution in [1.29, 1.82) is 0 Å². The van der Waals surface area contributed by atoms with Gasteiger partial charge in [0.05, 0.1) is 5.02 Å². The largest absolute Gasteiger partial charge is 0.573 e.